The number of benzene rings is 3. The summed E-state index contributed by atoms with van der Waals surface area (Å²) >= 11 is 5.08. The molecule has 1 aromatic heterocycles. The topological polar surface area (TPSA) is 68.2 Å². The third-order valence-corrected chi connectivity index (χ3v) is 8.92. The molecule has 3 aromatic carbocycles. The van der Waals surface area contributed by atoms with Gasteiger partial charge in [0, 0.05) is 28.9 Å². The van der Waals surface area contributed by atoms with E-state index < -0.39 is 0 Å². The van der Waals surface area contributed by atoms with Gasteiger partial charge >= 0.3 is 5.97 Å². The molecule has 0 atom stereocenters. The number of halogens is 1. The number of ether oxygens (including phenoxy) is 3. The number of nitrogens with zero attached hydrogens (tertiary/aromatic N) is 1. The average molecular weight is 625 g/mol. The summed E-state index contributed by atoms with van der Waals surface area (Å²) in [6, 6.07) is 20.3. The number of likely N-dealkylation sites (tertiary alicyclic amines) is 1. The molecule has 6 nitrogen and oxygen atoms in total. The van der Waals surface area contributed by atoms with Crippen LogP contribution in [0.25, 0.3) is 20.5 Å². The van der Waals surface area contributed by atoms with Crippen molar-refractivity contribution >= 4 is 43.3 Å². The Morgan fingerprint density at radius 2 is 1.70 bits per heavy atom. The molecule has 1 saturated heterocycles. The second-order valence-corrected chi connectivity index (χ2v) is 11.9. The van der Waals surface area contributed by atoms with Gasteiger partial charge in [0.1, 0.15) is 29.6 Å². The lowest BCUT2D eigenvalue weighted by atomic mass is 9.92. The lowest BCUT2D eigenvalue weighted by Gasteiger charge is -2.31. The SMILES string of the molecule is CC(=O)Oc1ccc(-c2sc3cc(O)ccc3c2Oc2ccc(OCCN3CCC(CCCBr)CC3)cc2)cc1. The van der Waals surface area contributed by atoms with E-state index in [-0.39, 0.29) is 11.7 Å². The van der Waals surface area contributed by atoms with E-state index in [0.717, 1.165) is 57.2 Å². The van der Waals surface area contributed by atoms with E-state index in [1.165, 1.54) is 43.9 Å². The first kappa shape index (κ1) is 28.5. The Labute approximate surface area is 247 Å². The molecule has 1 aliphatic rings. The van der Waals surface area contributed by atoms with E-state index in [1.807, 2.05) is 42.5 Å². The molecule has 0 unspecified atom stereocenters. The van der Waals surface area contributed by atoms with Crippen LogP contribution >= 0.6 is 27.3 Å². The summed E-state index contributed by atoms with van der Waals surface area (Å²) < 4.78 is 18.6. The van der Waals surface area contributed by atoms with Crippen LogP contribution in [0, 0.1) is 5.92 Å². The minimum atomic E-state index is -0.359. The molecule has 0 aliphatic carbocycles. The van der Waals surface area contributed by atoms with Crippen LogP contribution in [0.2, 0.25) is 0 Å². The number of phenolic OH excluding ortho intramolecular Hbond substituents is 1. The summed E-state index contributed by atoms with van der Waals surface area (Å²) in [7, 11) is 0. The number of carbonyl (C=O) groups is 1. The molecule has 0 amide bonds. The van der Waals surface area contributed by atoms with Crippen molar-refractivity contribution in [1.29, 1.82) is 0 Å². The number of rotatable bonds is 11. The number of thiophene rings is 1. The molecule has 0 saturated carbocycles. The minimum absolute atomic E-state index is 0.206. The lowest BCUT2D eigenvalue weighted by molar-refractivity contribution is -0.131. The molecule has 40 heavy (non-hydrogen) atoms. The first-order valence-corrected chi connectivity index (χ1v) is 15.7. The number of aromatic hydroxyl groups is 1. The van der Waals surface area contributed by atoms with Gasteiger partial charge in [-0.1, -0.05) is 15.9 Å². The van der Waals surface area contributed by atoms with Crippen molar-refractivity contribution in [3.05, 3.63) is 66.7 Å². The molecule has 0 spiro atoms. The van der Waals surface area contributed by atoms with Crippen LogP contribution in [0.5, 0.6) is 28.7 Å². The summed E-state index contributed by atoms with van der Waals surface area (Å²) in [6.07, 6.45) is 5.17. The number of carbonyl (C=O) groups excluding carboxylic acids is 1. The fourth-order valence-electron chi connectivity index (χ4n) is 5.07. The van der Waals surface area contributed by atoms with E-state index in [2.05, 4.69) is 20.8 Å². The van der Waals surface area contributed by atoms with Crippen molar-refractivity contribution in [3.63, 3.8) is 0 Å². The third kappa shape index (κ3) is 7.36. The minimum Gasteiger partial charge on any atom is -0.508 e. The molecule has 4 aromatic rings. The molecule has 8 heteroatoms. The molecule has 2 heterocycles. The Morgan fingerprint density at radius 1 is 1.00 bits per heavy atom. The van der Waals surface area contributed by atoms with Gasteiger partial charge in [-0.2, -0.15) is 0 Å². The maximum absolute atomic E-state index is 11.3. The molecule has 1 fully saturated rings. The number of phenols is 1. The summed E-state index contributed by atoms with van der Waals surface area (Å²) in [5.41, 5.74) is 0.929. The van der Waals surface area contributed by atoms with Crippen LogP contribution < -0.4 is 14.2 Å². The van der Waals surface area contributed by atoms with Crippen molar-refractivity contribution in [2.24, 2.45) is 5.92 Å². The summed E-state index contributed by atoms with van der Waals surface area (Å²) in [5.74, 6) is 3.44. The molecule has 1 aliphatic heterocycles. The van der Waals surface area contributed by atoms with E-state index in [9.17, 15) is 9.90 Å². The number of fused-ring (bicyclic) bond motifs is 1. The van der Waals surface area contributed by atoms with Gasteiger partial charge in [-0.25, -0.2) is 0 Å². The number of piperidine rings is 1. The van der Waals surface area contributed by atoms with E-state index in [1.54, 1.807) is 24.3 Å². The highest BCUT2D eigenvalue weighted by atomic mass is 79.9. The normalized spacial score (nSPS) is 14.3. The lowest BCUT2D eigenvalue weighted by Crippen LogP contribution is -2.36. The number of esters is 1. The van der Waals surface area contributed by atoms with Crippen LogP contribution in [-0.2, 0) is 4.79 Å². The highest BCUT2D eigenvalue weighted by Crippen LogP contribution is 2.47. The number of hydrogen-bond donors (Lipinski definition) is 1. The van der Waals surface area contributed by atoms with Gasteiger partial charge in [-0.3, -0.25) is 9.69 Å². The Morgan fingerprint density at radius 3 is 2.40 bits per heavy atom. The summed E-state index contributed by atoms with van der Waals surface area (Å²) in [5, 5.41) is 12.1. The van der Waals surface area contributed by atoms with Crippen LogP contribution in [0.1, 0.15) is 32.6 Å². The summed E-state index contributed by atoms with van der Waals surface area (Å²) in [4.78, 5) is 14.7. The molecular formula is C32H34BrNO5S. The van der Waals surface area contributed by atoms with Gasteiger partial charge in [0.2, 0.25) is 0 Å². The predicted molar refractivity (Wildman–Crippen MR) is 164 cm³/mol. The highest BCUT2D eigenvalue weighted by molar-refractivity contribution is 9.09. The Bertz CT molecular complexity index is 1410. The average Bonchev–Trinajstić information content (AvgIpc) is 3.30. The molecule has 5 rings (SSSR count). The second-order valence-electron chi connectivity index (χ2n) is 10.1. The third-order valence-electron chi connectivity index (χ3n) is 7.18. The van der Waals surface area contributed by atoms with Crippen LogP contribution in [0.3, 0.4) is 0 Å². The van der Waals surface area contributed by atoms with E-state index in [4.69, 9.17) is 14.2 Å². The monoisotopic (exact) mass is 623 g/mol. The smallest absolute Gasteiger partial charge is 0.308 e. The van der Waals surface area contributed by atoms with E-state index in [0.29, 0.717) is 23.9 Å². The molecular weight excluding hydrogens is 590 g/mol. The largest absolute Gasteiger partial charge is 0.508 e. The molecule has 210 valence electrons. The second kappa shape index (κ2) is 13.5. The molecule has 0 bridgehead atoms. The van der Waals surface area contributed by atoms with Gasteiger partial charge in [-0.05, 0) is 117 Å². The first-order valence-electron chi connectivity index (χ1n) is 13.7. The quantitative estimate of drug-likeness (QED) is 0.103. The fraction of sp³-hybridized carbons (Fsp3) is 0.344. The Balaban J connectivity index is 1.23. The van der Waals surface area contributed by atoms with Crippen molar-refractivity contribution < 1.29 is 24.1 Å². The maximum Gasteiger partial charge on any atom is 0.308 e. The van der Waals surface area contributed by atoms with Crippen molar-refractivity contribution in [2.75, 3.05) is 31.6 Å². The number of alkyl halides is 1. The van der Waals surface area contributed by atoms with Gasteiger partial charge in [-0.15, -0.1) is 11.3 Å². The van der Waals surface area contributed by atoms with Crippen LogP contribution in [0.15, 0.2) is 66.7 Å². The van der Waals surface area contributed by atoms with Gasteiger partial charge in [0.15, 0.2) is 5.75 Å². The van der Waals surface area contributed by atoms with Crippen molar-refractivity contribution in [3.8, 4) is 39.2 Å². The first-order chi connectivity index (χ1) is 19.5. The van der Waals surface area contributed by atoms with E-state index >= 15 is 0 Å². The highest BCUT2D eigenvalue weighted by Gasteiger charge is 2.19. The number of hydrogen-bond acceptors (Lipinski definition) is 7. The zero-order valence-corrected chi connectivity index (χ0v) is 25.0. The predicted octanol–water partition coefficient (Wildman–Crippen LogP) is 8.26. The van der Waals surface area contributed by atoms with Crippen molar-refractivity contribution in [2.45, 2.75) is 32.6 Å². The maximum atomic E-state index is 11.3. The standard InChI is InChI=1S/C32H34BrNO5S/c1-22(35)38-27-7-4-24(5-8-27)32-31(29-13-6-25(36)21-30(29)40-32)39-28-11-9-26(10-12-28)37-20-19-34-17-14-23(15-18-34)3-2-16-33/h4-13,21,23,36H,2-3,14-20H2,1H3. The van der Waals surface area contributed by atoms with Gasteiger partial charge in [0.25, 0.3) is 0 Å². The van der Waals surface area contributed by atoms with Crippen LogP contribution in [-0.4, -0.2) is 47.5 Å². The van der Waals surface area contributed by atoms with Crippen LogP contribution in [0.4, 0.5) is 0 Å². The zero-order chi connectivity index (χ0) is 27.9. The fourth-order valence-corrected chi connectivity index (χ4v) is 6.56. The van der Waals surface area contributed by atoms with Gasteiger partial charge in [0.05, 0.1) is 4.88 Å². The summed E-state index contributed by atoms with van der Waals surface area (Å²) in [6.45, 7) is 5.30. The van der Waals surface area contributed by atoms with Crippen molar-refractivity contribution in [1.82, 2.24) is 4.90 Å². The Kier molecular flexibility index (Phi) is 9.62. The zero-order valence-electron chi connectivity index (χ0n) is 22.6. The molecule has 1 N–H and O–H groups in total. The molecule has 0 radical (unpaired) electrons. The van der Waals surface area contributed by atoms with Gasteiger partial charge < -0.3 is 19.3 Å². The Hall–Kier alpha value is -3.07.